The fourth-order valence-corrected chi connectivity index (χ4v) is 1.21. The Kier molecular flexibility index (Phi) is 2.70. The van der Waals surface area contributed by atoms with Gasteiger partial charge in [0.25, 0.3) is 5.91 Å². The molecular weight excluding hydrogens is 222 g/mol. The third-order valence-electron chi connectivity index (χ3n) is 1.43. The SMILES string of the molecule is COc1cc(Br)ccc1C(N)=O. The number of methoxy groups -OCH3 is 1. The van der Waals surface area contributed by atoms with Crippen molar-refractivity contribution in [3.05, 3.63) is 28.2 Å². The number of amides is 1. The normalized spacial score (nSPS) is 9.50. The first-order valence-corrected chi connectivity index (χ1v) is 4.08. The highest BCUT2D eigenvalue weighted by Gasteiger charge is 2.07. The summed E-state index contributed by atoms with van der Waals surface area (Å²) in [6.45, 7) is 0. The van der Waals surface area contributed by atoms with E-state index in [1.165, 1.54) is 7.11 Å². The third-order valence-corrected chi connectivity index (χ3v) is 1.92. The summed E-state index contributed by atoms with van der Waals surface area (Å²) >= 11 is 3.25. The lowest BCUT2D eigenvalue weighted by Gasteiger charge is -2.04. The maximum Gasteiger partial charge on any atom is 0.252 e. The van der Waals surface area contributed by atoms with Crippen molar-refractivity contribution in [1.82, 2.24) is 0 Å². The number of ether oxygens (including phenoxy) is 1. The average Bonchev–Trinajstić information content (AvgIpc) is 2.03. The van der Waals surface area contributed by atoms with Crippen LogP contribution in [0.25, 0.3) is 0 Å². The minimum atomic E-state index is -0.487. The lowest BCUT2D eigenvalue weighted by molar-refractivity contribution is 0.0997. The van der Waals surface area contributed by atoms with Crippen molar-refractivity contribution in [2.75, 3.05) is 7.11 Å². The highest BCUT2D eigenvalue weighted by atomic mass is 79.9. The predicted molar refractivity (Wildman–Crippen MR) is 49.2 cm³/mol. The van der Waals surface area contributed by atoms with Crippen molar-refractivity contribution in [3.63, 3.8) is 0 Å². The van der Waals surface area contributed by atoms with Crippen LogP contribution in [0.3, 0.4) is 0 Å². The summed E-state index contributed by atoms with van der Waals surface area (Å²) in [5, 5.41) is 0. The molecule has 0 aliphatic heterocycles. The molecular formula is C8H8BrNO2. The van der Waals surface area contributed by atoms with Crippen molar-refractivity contribution >= 4 is 21.8 Å². The molecule has 0 aromatic heterocycles. The Morgan fingerprint density at radius 3 is 2.75 bits per heavy atom. The molecule has 1 aromatic carbocycles. The van der Waals surface area contributed by atoms with Crippen molar-refractivity contribution in [1.29, 1.82) is 0 Å². The van der Waals surface area contributed by atoms with Gasteiger partial charge in [0.05, 0.1) is 12.7 Å². The number of hydrogen-bond acceptors (Lipinski definition) is 2. The zero-order valence-corrected chi connectivity index (χ0v) is 8.09. The molecule has 1 aromatic rings. The zero-order valence-electron chi connectivity index (χ0n) is 6.50. The van der Waals surface area contributed by atoms with Crippen LogP contribution in [0.1, 0.15) is 10.4 Å². The Morgan fingerprint density at radius 1 is 1.58 bits per heavy atom. The van der Waals surface area contributed by atoms with Crippen LogP contribution in [-0.2, 0) is 0 Å². The molecule has 2 N–H and O–H groups in total. The number of halogens is 1. The van der Waals surface area contributed by atoms with Crippen LogP contribution in [0.5, 0.6) is 5.75 Å². The topological polar surface area (TPSA) is 52.3 Å². The number of hydrogen-bond donors (Lipinski definition) is 1. The first kappa shape index (κ1) is 9.06. The minimum Gasteiger partial charge on any atom is -0.496 e. The van der Waals surface area contributed by atoms with E-state index in [2.05, 4.69) is 15.9 Å². The van der Waals surface area contributed by atoms with E-state index in [0.717, 1.165) is 4.47 Å². The van der Waals surface area contributed by atoms with Gasteiger partial charge in [0.15, 0.2) is 0 Å². The van der Waals surface area contributed by atoms with Crippen molar-refractivity contribution in [3.8, 4) is 5.75 Å². The molecule has 4 heteroatoms. The van der Waals surface area contributed by atoms with Gasteiger partial charge in [-0.05, 0) is 18.2 Å². The van der Waals surface area contributed by atoms with Crippen LogP contribution in [0.4, 0.5) is 0 Å². The van der Waals surface area contributed by atoms with Crippen LogP contribution >= 0.6 is 15.9 Å². The summed E-state index contributed by atoms with van der Waals surface area (Å²) < 4.78 is 5.81. The van der Waals surface area contributed by atoms with Crippen LogP contribution in [0.2, 0.25) is 0 Å². The van der Waals surface area contributed by atoms with Gasteiger partial charge in [-0.2, -0.15) is 0 Å². The standard InChI is InChI=1S/C8H8BrNO2/c1-12-7-4-5(9)2-3-6(7)8(10)11/h2-4H,1H3,(H2,10,11). The summed E-state index contributed by atoms with van der Waals surface area (Å²) in [6.07, 6.45) is 0. The molecule has 1 rings (SSSR count). The average molecular weight is 230 g/mol. The van der Waals surface area contributed by atoms with E-state index < -0.39 is 5.91 Å². The molecule has 0 aliphatic rings. The molecule has 0 fully saturated rings. The molecule has 1 amide bonds. The Morgan fingerprint density at radius 2 is 2.25 bits per heavy atom. The van der Waals surface area contributed by atoms with Gasteiger partial charge in [-0.25, -0.2) is 0 Å². The Bertz CT molecular complexity index is 312. The molecule has 0 radical (unpaired) electrons. The summed E-state index contributed by atoms with van der Waals surface area (Å²) in [5.41, 5.74) is 5.50. The number of rotatable bonds is 2. The second-order valence-corrected chi connectivity index (χ2v) is 3.12. The lowest BCUT2D eigenvalue weighted by atomic mass is 10.2. The van der Waals surface area contributed by atoms with E-state index in [4.69, 9.17) is 10.5 Å². The van der Waals surface area contributed by atoms with Crippen LogP contribution in [0.15, 0.2) is 22.7 Å². The van der Waals surface area contributed by atoms with E-state index in [0.29, 0.717) is 11.3 Å². The van der Waals surface area contributed by atoms with Gasteiger partial charge in [-0.1, -0.05) is 15.9 Å². The minimum absolute atomic E-state index is 0.390. The molecule has 0 spiro atoms. The molecule has 64 valence electrons. The van der Waals surface area contributed by atoms with Crippen LogP contribution in [0, 0.1) is 0 Å². The first-order valence-electron chi connectivity index (χ1n) is 3.28. The van der Waals surface area contributed by atoms with E-state index in [-0.39, 0.29) is 0 Å². The second-order valence-electron chi connectivity index (χ2n) is 2.21. The first-order chi connectivity index (χ1) is 5.65. The summed E-state index contributed by atoms with van der Waals surface area (Å²) in [4.78, 5) is 10.8. The number of carbonyl (C=O) groups is 1. The van der Waals surface area contributed by atoms with Gasteiger partial charge in [-0.3, -0.25) is 4.79 Å². The number of nitrogens with two attached hydrogens (primary N) is 1. The molecule has 0 heterocycles. The second kappa shape index (κ2) is 3.58. The van der Waals surface area contributed by atoms with Gasteiger partial charge in [0, 0.05) is 4.47 Å². The highest BCUT2D eigenvalue weighted by Crippen LogP contribution is 2.22. The van der Waals surface area contributed by atoms with Gasteiger partial charge < -0.3 is 10.5 Å². The Balaban J connectivity index is 3.20. The number of primary amides is 1. The fraction of sp³-hybridized carbons (Fsp3) is 0.125. The Labute approximate surface area is 78.6 Å². The zero-order chi connectivity index (χ0) is 9.14. The maximum atomic E-state index is 10.8. The number of benzene rings is 1. The van der Waals surface area contributed by atoms with Gasteiger partial charge in [-0.15, -0.1) is 0 Å². The van der Waals surface area contributed by atoms with Crippen molar-refractivity contribution in [2.45, 2.75) is 0 Å². The molecule has 0 aliphatic carbocycles. The molecule has 12 heavy (non-hydrogen) atoms. The number of carbonyl (C=O) groups excluding carboxylic acids is 1. The molecule has 3 nitrogen and oxygen atoms in total. The smallest absolute Gasteiger partial charge is 0.252 e. The van der Waals surface area contributed by atoms with Gasteiger partial charge >= 0.3 is 0 Å². The molecule has 0 saturated heterocycles. The summed E-state index contributed by atoms with van der Waals surface area (Å²) in [6, 6.07) is 5.05. The van der Waals surface area contributed by atoms with E-state index in [1.54, 1.807) is 18.2 Å². The van der Waals surface area contributed by atoms with Crippen LogP contribution < -0.4 is 10.5 Å². The molecule has 0 saturated carbocycles. The van der Waals surface area contributed by atoms with Gasteiger partial charge in [0.2, 0.25) is 0 Å². The largest absolute Gasteiger partial charge is 0.496 e. The van der Waals surface area contributed by atoms with E-state index in [9.17, 15) is 4.79 Å². The lowest BCUT2D eigenvalue weighted by Crippen LogP contribution is -2.12. The predicted octanol–water partition coefficient (Wildman–Crippen LogP) is 1.56. The molecule has 0 bridgehead atoms. The van der Waals surface area contributed by atoms with Gasteiger partial charge in [0.1, 0.15) is 5.75 Å². The molecule has 0 unspecified atom stereocenters. The van der Waals surface area contributed by atoms with E-state index in [1.807, 2.05) is 0 Å². The third kappa shape index (κ3) is 1.76. The quantitative estimate of drug-likeness (QED) is 0.837. The fourth-order valence-electron chi connectivity index (χ4n) is 0.869. The summed E-state index contributed by atoms with van der Waals surface area (Å²) in [5.74, 6) is -0.00350. The molecule has 0 atom stereocenters. The highest BCUT2D eigenvalue weighted by molar-refractivity contribution is 9.10. The van der Waals surface area contributed by atoms with Crippen molar-refractivity contribution in [2.24, 2.45) is 5.73 Å². The maximum absolute atomic E-state index is 10.8. The van der Waals surface area contributed by atoms with Crippen LogP contribution in [-0.4, -0.2) is 13.0 Å². The van der Waals surface area contributed by atoms with Crippen molar-refractivity contribution < 1.29 is 9.53 Å². The summed E-state index contributed by atoms with van der Waals surface area (Å²) in [7, 11) is 1.49. The van der Waals surface area contributed by atoms with E-state index >= 15 is 0 Å². The monoisotopic (exact) mass is 229 g/mol. The Hall–Kier alpha value is -1.03.